The van der Waals surface area contributed by atoms with E-state index in [1.165, 1.54) is 7.11 Å². The molecular formula is C6H13FO2. The molecule has 0 aliphatic carbocycles. The lowest BCUT2D eigenvalue weighted by Gasteiger charge is -2.03. The van der Waals surface area contributed by atoms with Crippen molar-refractivity contribution in [1.29, 1.82) is 0 Å². The quantitative estimate of drug-likeness (QED) is 0.531. The molecular weight excluding hydrogens is 123 g/mol. The minimum Gasteiger partial charge on any atom is -0.385 e. The number of hydrogen-bond acceptors (Lipinski definition) is 2. The van der Waals surface area contributed by atoms with Crippen LogP contribution in [0.4, 0.5) is 4.39 Å². The van der Waals surface area contributed by atoms with E-state index in [2.05, 4.69) is 4.74 Å². The lowest BCUT2D eigenvalue weighted by atomic mass is 10.3. The van der Waals surface area contributed by atoms with Crippen LogP contribution in [-0.4, -0.2) is 27.2 Å². The summed E-state index contributed by atoms with van der Waals surface area (Å²) in [4.78, 5) is 0. The highest BCUT2D eigenvalue weighted by molar-refractivity contribution is 4.40. The number of hydrogen-bond donors (Lipinski definition) is 0. The highest BCUT2D eigenvalue weighted by Gasteiger charge is 2.00. The average Bonchev–Trinajstić information content (AvgIpc) is 1.89. The van der Waals surface area contributed by atoms with E-state index in [0.717, 1.165) is 0 Å². The molecule has 0 saturated heterocycles. The summed E-state index contributed by atoms with van der Waals surface area (Å²) in [7, 11) is 2.96. The number of alkyl halides is 1. The Labute approximate surface area is 55.0 Å². The van der Waals surface area contributed by atoms with Gasteiger partial charge in [-0.2, -0.15) is 0 Å². The molecule has 0 aliphatic heterocycles. The van der Waals surface area contributed by atoms with E-state index >= 15 is 0 Å². The molecule has 0 saturated carbocycles. The Balaban J connectivity index is 2.88. The molecule has 0 bridgehead atoms. The van der Waals surface area contributed by atoms with Crippen LogP contribution in [0.3, 0.4) is 0 Å². The summed E-state index contributed by atoms with van der Waals surface area (Å²) in [5, 5.41) is 0. The highest BCUT2D eigenvalue weighted by Crippen LogP contribution is 2.01. The van der Waals surface area contributed by atoms with Crippen molar-refractivity contribution in [3.63, 3.8) is 0 Å². The molecule has 0 spiro atoms. The second-order valence-corrected chi connectivity index (χ2v) is 1.78. The Morgan fingerprint density at radius 3 is 2.56 bits per heavy atom. The fraction of sp³-hybridized carbons (Fsp3) is 1.00. The smallest absolute Gasteiger partial charge is 0.198 e. The normalized spacial score (nSPS) is 13.7. The molecule has 0 aromatic carbocycles. The standard InChI is InChI=1S/C6H13FO2/c1-8-5-3-4-6(7)9-2/h6H,3-5H2,1-2H3. The Bertz CT molecular complexity index is 59.0. The van der Waals surface area contributed by atoms with Gasteiger partial charge in [0.1, 0.15) is 0 Å². The Hall–Kier alpha value is -0.150. The summed E-state index contributed by atoms with van der Waals surface area (Å²) >= 11 is 0. The second-order valence-electron chi connectivity index (χ2n) is 1.78. The molecule has 1 unspecified atom stereocenters. The van der Waals surface area contributed by atoms with Crippen LogP contribution in [0.5, 0.6) is 0 Å². The SMILES string of the molecule is COCCCC(F)OC. The van der Waals surface area contributed by atoms with Gasteiger partial charge < -0.3 is 9.47 Å². The van der Waals surface area contributed by atoms with Gasteiger partial charge in [-0.3, -0.25) is 0 Å². The Kier molecular flexibility index (Phi) is 5.88. The van der Waals surface area contributed by atoms with Crippen LogP contribution >= 0.6 is 0 Å². The van der Waals surface area contributed by atoms with Crippen molar-refractivity contribution in [3.05, 3.63) is 0 Å². The zero-order chi connectivity index (χ0) is 7.11. The molecule has 0 aromatic rings. The molecule has 0 rings (SSSR count). The van der Waals surface area contributed by atoms with E-state index < -0.39 is 6.36 Å². The lowest BCUT2D eigenvalue weighted by molar-refractivity contribution is -0.0156. The summed E-state index contributed by atoms with van der Waals surface area (Å²) < 4.78 is 21.3. The van der Waals surface area contributed by atoms with E-state index in [1.807, 2.05) is 0 Å². The number of rotatable bonds is 5. The Morgan fingerprint density at radius 1 is 1.44 bits per heavy atom. The molecule has 3 heteroatoms. The first-order chi connectivity index (χ1) is 4.31. The van der Waals surface area contributed by atoms with Crippen molar-refractivity contribution in [1.82, 2.24) is 0 Å². The number of halogens is 1. The van der Waals surface area contributed by atoms with Crippen LogP contribution in [0.2, 0.25) is 0 Å². The maximum Gasteiger partial charge on any atom is 0.198 e. The van der Waals surface area contributed by atoms with Gasteiger partial charge in [-0.25, -0.2) is 4.39 Å². The highest BCUT2D eigenvalue weighted by atomic mass is 19.1. The van der Waals surface area contributed by atoms with Gasteiger partial charge in [0, 0.05) is 27.2 Å². The third-order valence-corrected chi connectivity index (χ3v) is 1.04. The van der Waals surface area contributed by atoms with Gasteiger partial charge in [0.25, 0.3) is 0 Å². The van der Waals surface area contributed by atoms with Crippen molar-refractivity contribution < 1.29 is 13.9 Å². The fourth-order valence-corrected chi connectivity index (χ4v) is 0.506. The van der Waals surface area contributed by atoms with E-state index in [4.69, 9.17) is 4.74 Å². The fourth-order valence-electron chi connectivity index (χ4n) is 0.506. The summed E-state index contributed by atoms with van der Waals surface area (Å²) in [6.45, 7) is 0.601. The van der Waals surface area contributed by atoms with Crippen LogP contribution in [0, 0.1) is 0 Å². The van der Waals surface area contributed by atoms with Gasteiger partial charge in [0.2, 0.25) is 0 Å². The van der Waals surface area contributed by atoms with Crippen molar-refractivity contribution in [2.75, 3.05) is 20.8 Å². The second kappa shape index (κ2) is 5.98. The average molecular weight is 136 g/mol. The minimum atomic E-state index is -1.12. The summed E-state index contributed by atoms with van der Waals surface area (Å²) in [5.41, 5.74) is 0. The molecule has 0 fully saturated rings. The third kappa shape index (κ3) is 5.73. The van der Waals surface area contributed by atoms with Crippen molar-refractivity contribution in [2.45, 2.75) is 19.2 Å². The van der Waals surface area contributed by atoms with Crippen LogP contribution in [0.15, 0.2) is 0 Å². The van der Waals surface area contributed by atoms with E-state index in [-0.39, 0.29) is 0 Å². The van der Waals surface area contributed by atoms with Crippen LogP contribution in [0.1, 0.15) is 12.8 Å². The molecule has 2 nitrogen and oxygen atoms in total. The zero-order valence-electron chi connectivity index (χ0n) is 5.89. The van der Waals surface area contributed by atoms with E-state index in [1.54, 1.807) is 7.11 Å². The zero-order valence-corrected chi connectivity index (χ0v) is 5.89. The molecule has 0 aromatic heterocycles. The molecule has 0 N–H and O–H groups in total. The van der Waals surface area contributed by atoms with E-state index in [0.29, 0.717) is 19.4 Å². The number of ether oxygens (including phenoxy) is 2. The monoisotopic (exact) mass is 136 g/mol. The Morgan fingerprint density at radius 2 is 2.11 bits per heavy atom. The maximum absolute atomic E-state index is 12.2. The maximum atomic E-state index is 12.2. The third-order valence-electron chi connectivity index (χ3n) is 1.04. The molecule has 9 heavy (non-hydrogen) atoms. The van der Waals surface area contributed by atoms with Crippen LogP contribution in [-0.2, 0) is 9.47 Å². The number of methoxy groups -OCH3 is 2. The molecule has 56 valence electrons. The van der Waals surface area contributed by atoms with Crippen molar-refractivity contribution in [3.8, 4) is 0 Å². The molecule has 0 heterocycles. The summed E-state index contributed by atoms with van der Waals surface area (Å²) in [6, 6.07) is 0. The topological polar surface area (TPSA) is 18.5 Å². The van der Waals surface area contributed by atoms with Gasteiger partial charge in [-0.05, 0) is 6.42 Å². The largest absolute Gasteiger partial charge is 0.385 e. The minimum absolute atomic E-state index is 0.421. The predicted octanol–water partition coefficient (Wildman–Crippen LogP) is 1.35. The lowest BCUT2D eigenvalue weighted by Crippen LogP contribution is -2.03. The van der Waals surface area contributed by atoms with Gasteiger partial charge in [0.05, 0.1) is 0 Å². The first-order valence-corrected chi connectivity index (χ1v) is 2.97. The van der Waals surface area contributed by atoms with Crippen LogP contribution in [0.25, 0.3) is 0 Å². The summed E-state index contributed by atoms with van der Waals surface area (Å²) in [6.07, 6.45) is 0.00991. The summed E-state index contributed by atoms with van der Waals surface area (Å²) in [5.74, 6) is 0. The molecule has 0 amide bonds. The molecule has 0 aliphatic rings. The first kappa shape index (κ1) is 8.85. The molecule has 1 atom stereocenters. The molecule has 0 radical (unpaired) electrons. The predicted molar refractivity (Wildman–Crippen MR) is 33.0 cm³/mol. The first-order valence-electron chi connectivity index (χ1n) is 2.97. The van der Waals surface area contributed by atoms with Crippen LogP contribution < -0.4 is 0 Å². The van der Waals surface area contributed by atoms with Gasteiger partial charge in [-0.1, -0.05) is 0 Å². The van der Waals surface area contributed by atoms with Crippen molar-refractivity contribution >= 4 is 0 Å². The van der Waals surface area contributed by atoms with Gasteiger partial charge in [-0.15, -0.1) is 0 Å². The van der Waals surface area contributed by atoms with Gasteiger partial charge in [0.15, 0.2) is 6.36 Å². The van der Waals surface area contributed by atoms with Gasteiger partial charge >= 0.3 is 0 Å². The van der Waals surface area contributed by atoms with E-state index in [9.17, 15) is 4.39 Å². The van der Waals surface area contributed by atoms with Crippen molar-refractivity contribution in [2.24, 2.45) is 0 Å².